The quantitative estimate of drug-likeness (QED) is 0.504. The standard InChI is InChI=1S/C18H15N3O5/c1-2-11-6-3-4-8-13(11)19-15(22)10-20-17(23)12-7-5-9-14(21(25)26)16(12)18(20)24/h3-9H,2,10H2,1H3,(H,19,22). The minimum Gasteiger partial charge on any atom is -0.324 e. The summed E-state index contributed by atoms with van der Waals surface area (Å²) in [4.78, 5) is 48.3. The molecule has 1 heterocycles. The number of aryl methyl sites for hydroxylation is 1. The van der Waals surface area contributed by atoms with Crippen LogP contribution in [0, 0.1) is 10.1 Å². The first kappa shape index (κ1) is 17.3. The third-order valence-corrected chi connectivity index (χ3v) is 4.15. The van der Waals surface area contributed by atoms with Crippen LogP contribution in [0.5, 0.6) is 0 Å². The fourth-order valence-electron chi connectivity index (χ4n) is 2.90. The van der Waals surface area contributed by atoms with Crippen LogP contribution >= 0.6 is 0 Å². The molecule has 2 aromatic carbocycles. The zero-order chi connectivity index (χ0) is 18.8. The summed E-state index contributed by atoms with van der Waals surface area (Å²) in [5.41, 5.74) is 0.733. The SMILES string of the molecule is CCc1ccccc1NC(=O)CN1C(=O)c2cccc([N+](=O)[O-])c2C1=O. The van der Waals surface area contributed by atoms with Crippen LogP contribution in [0.2, 0.25) is 0 Å². The number of amides is 3. The topological polar surface area (TPSA) is 110 Å². The number of carbonyl (C=O) groups is 3. The average Bonchev–Trinajstić information content (AvgIpc) is 2.87. The highest BCUT2D eigenvalue weighted by Gasteiger charge is 2.41. The molecular formula is C18H15N3O5. The molecule has 0 aliphatic carbocycles. The molecule has 8 nitrogen and oxygen atoms in total. The van der Waals surface area contributed by atoms with Gasteiger partial charge in [0, 0.05) is 11.8 Å². The molecule has 0 radical (unpaired) electrons. The summed E-state index contributed by atoms with van der Waals surface area (Å²) in [6.45, 7) is 1.43. The van der Waals surface area contributed by atoms with E-state index in [9.17, 15) is 24.5 Å². The van der Waals surface area contributed by atoms with Gasteiger partial charge in [0.25, 0.3) is 17.5 Å². The third-order valence-electron chi connectivity index (χ3n) is 4.15. The fraction of sp³-hybridized carbons (Fsp3) is 0.167. The van der Waals surface area contributed by atoms with Crippen molar-refractivity contribution in [3.8, 4) is 0 Å². The minimum atomic E-state index is -0.837. The summed E-state index contributed by atoms with van der Waals surface area (Å²) in [6, 6.07) is 11.0. The number of hydrogen-bond donors (Lipinski definition) is 1. The second-order valence-corrected chi connectivity index (χ2v) is 5.71. The zero-order valence-corrected chi connectivity index (χ0v) is 13.9. The molecule has 8 heteroatoms. The summed E-state index contributed by atoms with van der Waals surface area (Å²) in [7, 11) is 0. The number of para-hydroxylation sites is 1. The van der Waals surface area contributed by atoms with Crippen molar-refractivity contribution in [1.29, 1.82) is 0 Å². The Kier molecular flexibility index (Phi) is 4.49. The predicted molar refractivity (Wildman–Crippen MR) is 92.9 cm³/mol. The van der Waals surface area contributed by atoms with Crippen LogP contribution in [-0.4, -0.2) is 34.1 Å². The highest BCUT2D eigenvalue weighted by molar-refractivity contribution is 6.24. The molecule has 3 rings (SSSR count). The number of fused-ring (bicyclic) bond motifs is 1. The fourth-order valence-corrected chi connectivity index (χ4v) is 2.90. The average molecular weight is 353 g/mol. The number of nitrogens with zero attached hydrogens (tertiary/aromatic N) is 2. The first-order valence-electron chi connectivity index (χ1n) is 7.95. The van der Waals surface area contributed by atoms with E-state index in [4.69, 9.17) is 0 Å². The van der Waals surface area contributed by atoms with Crippen molar-refractivity contribution in [2.24, 2.45) is 0 Å². The molecule has 2 aromatic rings. The lowest BCUT2D eigenvalue weighted by Gasteiger charge is -2.15. The van der Waals surface area contributed by atoms with Crippen LogP contribution in [0.1, 0.15) is 33.2 Å². The molecule has 0 saturated carbocycles. The van der Waals surface area contributed by atoms with Crippen molar-refractivity contribution in [2.75, 3.05) is 11.9 Å². The van der Waals surface area contributed by atoms with Gasteiger partial charge in [-0.1, -0.05) is 31.2 Å². The maximum Gasteiger partial charge on any atom is 0.282 e. The number of hydrogen-bond acceptors (Lipinski definition) is 5. The van der Waals surface area contributed by atoms with Crippen molar-refractivity contribution in [1.82, 2.24) is 4.90 Å². The molecule has 132 valence electrons. The molecule has 0 aromatic heterocycles. The second-order valence-electron chi connectivity index (χ2n) is 5.71. The first-order valence-corrected chi connectivity index (χ1v) is 7.95. The Morgan fingerprint density at radius 2 is 1.85 bits per heavy atom. The van der Waals surface area contributed by atoms with E-state index in [1.54, 1.807) is 12.1 Å². The van der Waals surface area contributed by atoms with E-state index < -0.39 is 34.9 Å². The van der Waals surface area contributed by atoms with Crippen molar-refractivity contribution in [2.45, 2.75) is 13.3 Å². The molecule has 0 bridgehead atoms. The molecule has 0 atom stereocenters. The third kappa shape index (κ3) is 2.92. The van der Waals surface area contributed by atoms with E-state index in [2.05, 4.69) is 5.32 Å². The molecule has 0 spiro atoms. The summed E-state index contributed by atoms with van der Waals surface area (Å²) in [5, 5.41) is 13.8. The van der Waals surface area contributed by atoms with Gasteiger partial charge in [0.2, 0.25) is 5.91 Å². The summed E-state index contributed by atoms with van der Waals surface area (Å²) in [5.74, 6) is -2.10. The Labute approximate surface area is 148 Å². The van der Waals surface area contributed by atoms with Gasteiger partial charge in [-0.05, 0) is 24.1 Å². The number of carbonyl (C=O) groups excluding carboxylic acids is 3. The number of rotatable bonds is 5. The minimum absolute atomic E-state index is 0.0639. The van der Waals surface area contributed by atoms with Gasteiger partial charge >= 0.3 is 0 Å². The molecule has 0 fully saturated rings. The van der Waals surface area contributed by atoms with Crippen molar-refractivity contribution >= 4 is 29.1 Å². The zero-order valence-electron chi connectivity index (χ0n) is 13.9. The van der Waals surface area contributed by atoms with Crippen LogP contribution < -0.4 is 5.32 Å². The van der Waals surface area contributed by atoms with E-state index in [1.165, 1.54) is 12.1 Å². The smallest absolute Gasteiger partial charge is 0.282 e. The normalized spacial score (nSPS) is 12.9. The van der Waals surface area contributed by atoms with Gasteiger partial charge < -0.3 is 5.32 Å². The Bertz CT molecular complexity index is 938. The van der Waals surface area contributed by atoms with Gasteiger partial charge in [-0.25, -0.2) is 0 Å². The molecule has 0 saturated heterocycles. The van der Waals surface area contributed by atoms with Crippen LogP contribution in [0.4, 0.5) is 11.4 Å². The Hall–Kier alpha value is -3.55. The monoisotopic (exact) mass is 353 g/mol. The number of nitro groups is 1. The molecule has 1 N–H and O–H groups in total. The molecule has 26 heavy (non-hydrogen) atoms. The first-order chi connectivity index (χ1) is 12.4. The van der Waals surface area contributed by atoms with Gasteiger partial charge in [0.05, 0.1) is 10.5 Å². The van der Waals surface area contributed by atoms with Crippen LogP contribution in [0.25, 0.3) is 0 Å². The number of benzene rings is 2. The van der Waals surface area contributed by atoms with Gasteiger partial charge in [0.15, 0.2) is 0 Å². The summed E-state index contributed by atoms with van der Waals surface area (Å²) < 4.78 is 0. The van der Waals surface area contributed by atoms with Crippen LogP contribution in [0.15, 0.2) is 42.5 Å². The largest absolute Gasteiger partial charge is 0.324 e. The maximum absolute atomic E-state index is 12.5. The van der Waals surface area contributed by atoms with Gasteiger partial charge in [-0.2, -0.15) is 0 Å². The highest BCUT2D eigenvalue weighted by Crippen LogP contribution is 2.30. The van der Waals surface area contributed by atoms with E-state index in [1.807, 2.05) is 19.1 Å². The van der Waals surface area contributed by atoms with Crippen LogP contribution in [0.3, 0.4) is 0 Å². The van der Waals surface area contributed by atoms with Gasteiger partial charge in [-0.3, -0.25) is 29.4 Å². The highest BCUT2D eigenvalue weighted by atomic mass is 16.6. The van der Waals surface area contributed by atoms with Crippen molar-refractivity contribution in [3.63, 3.8) is 0 Å². The number of nitro benzene ring substituents is 1. The van der Waals surface area contributed by atoms with Crippen molar-refractivity contribution in [3.05, 3.63) is 69.3 Å². The second kappa shape index (κ2) is 6.75. The van der Waals surface area contributed by atoms with E-state index in [-0.39, 0.29) is 11.1 Å². The lowest BCUT2D eigenvalue weighted by molar-refractivity contribution is -0.385. The lowest BCUT2D eigenvalue weighted by atomic mass is 10.1. The number of imide groups is 1. The van der Waals surface area contributed by atoms with Gasteiger partial charge in [0.1, 0.15) is 12.1 Å². The Morgan fingerprint density at radius 1 is 1.12 bits per heavy atom. The summed E-state index contributed by atoms with van der Waals surface area (Å²) in [6.07, 6.45) is 0.704. The molecule has 3 amide bonds. The Balaban J connectivity index is 1.82. The van der Waals surface area contributed by atoms with E-state index in [0.29, 0.717) is 12.1 Å². The molecular weight excluding hydrogens is 338 g/mol. The van der Waals surface area contributed by atoms with E-state index >= 15 is 0 Å². The van der Waals surface area contributed by atoms with Crippen LogP contribution in [-0.2, 0) is 11.2 Å². The molecule has 0 unspecified atom stereocenters. The van der Waals surface area contributed by atoms with E-state index in [0.717, 1.165) is 16.5 Å². The molecule has 1 aliphatic rings. The maximum atomic E-state index is 12.5. The molecule has 1 aliphatic heterocycles. The lowest BCUT2D eigenvalue weighted by Crippen LogP contribution is -2.37. The Morgan fingerprint density at radius 3 is 2.54 bits per heavy atom. The number of nitrogens with one attached hydrogen (secondary N) is 1. The summed E-state index contributed by atoms with van der Waals surface area (Å²) >= 11 is 0. The van der Waals surface area contributed by atoms with Crippen molar-refractivity contribution < 1.29 is 19.3 Å². The predicted octanol–water partition coefficient (Wildman–Crippen LogP) is 2.39. The van der Waals surface area contributed by atoms with Gasteiger partial charge in [-0.15, -0.1) is 0 Å². The number of anilines is 1.